The Balaban J connectivity index is 3.07. The number of carbonyl (C=O) groups is 2. The number of aromatic amines is 1. The molecule has 0 aliphatic rings. The lowest BCUT2D eigenvalue weighted by Gasteiger charge is -2.21. The van der Waals surface area contributed by atoms with Crippen LogP contribution < -0.4 is 0 Å². The maximum atomic E-state index is 12.2. The molecule has 0 amide bonds. The Kier molecular flexibility index (Phi) is 4.32. The van der Waals surface area contributed by atoms with Crippen molar-refractivity contribution in [3.05, 3.63) is 23.0 Å². The van der Waals surface area contributed by atoms with E-state index in [1.54, 1.807) is 54.7 Å². The Bertz CT molecular complexity index is 515. The number of hydrogen-bond donors (Lipinski definition) is 1. The van der Waals surface area contributed by atoms with Crippen LogP contribution in [-0.2, 0) is 9.47 Å². The Morgan fingerprint density at radius 3 is 1.85 bits per heavy atom. The highest BCUT2D eigenvalue weighted by molar-refractivity contribution is 6.03. The second-order valence-corrected chi connectivity index (χ2v) is 6.73. The van der Waals surface area contributed by atoms with E-state index in [0.717, 1.165) is 0 Å². The fourth-order valence-electron chi connectivity index (χ4n) is 1.60. The Morgan fingerprint density at radius 1 is 0.950 bits per heavy atom. The predicted molar refractivity (Wildman–Crippen MR) is 75.9 cm³/mol. The first-order valence-corrected chi connectivity index (χ1v) is 6.55. The summed E-state index contributed by atoms with van der Waals surface area (Å²) in [7, 11) is 0. The number of ether oxygens (including phenoxy) is 2. The highest BCUT2D eigenvalue weighted by Gasteiger charge is 2.29. The molecule has 0 aliphatic heterocycles. The molecular formula is C15H23NO4. The van der Waals surface area contributed by atoms with Crippen molar-refractivity contribution in [1.29, 1.82) is 0 Å². The third-order valence-electron chi connectivity index (χ3n) is 2.28. The number of aryl methyl sites for hydroxylation is 1. The van der Waals surface area contributed by atoms with Crippen LogP contribution in [0.25, 0.3) is 0 Å². The van der Waals surface area contributed by atoms with Gasteiger partial charge in [0, 0.05) is 6.20 Å². The van der Waals surface area contributed by atoms with E-state index in [2.05, 4.69) is 4.98 Å². The highest BCUT2D eigenvalue weighted by Crippen LogP contribution is 2.21. The van der Waals surface area contributed by atoms with Gasteiger partial charge in [-0.3, -0.25) is 0 Å². The normalized spacial score (nSPS) is 12.2. The minimum atomic E-state index is -0.624. The quantitative estimate of drug-likeness (QED) is 0.845. The molecule has 0 saturated heterocycles. The maximum absolute atomic E-state index is 12.2. The molecule has 1 heterocycles. The van der Waals surface area contributed by atoms with Gasteiger partial charge in [-0.15, -0.1) is 0 Å². The molecule has 5 heteroatoms. The third kappa shape index (κ3) is 4.40. The van der Waals surface area contributed by atoms with Gasteiger partial charge in [0.2, 0.25) is 0 Å². The van der Waals surface area contributed by atoms with Crippen LogP contribution in [0.5, 0.6) is 0 Å². The van der Waals surface area contributed by atoms with Crippen molar-refractivity contribution < 1.29 is 19.1 Å². The van der Waals surface area contributed by atoms with E-state index < -0.39 is 23.1 Å². The monoisotopic (exact) mass is 281 g/mol. The highest BCUT2D eigenvalue weighted by atomic mass is 16.6. The summed E-state index contributed by atoms with van der Waals surface area (Å²) < 4.78 is 10.6. The summed E-state index contributed by atoms with van der Waals surface area (Å²) in [6.45, 7) is 12.4. The lowest BCUT2D eigenvalue weighted by molar-refractivity contribution is 0.00150. The predicted octanol–water partition coefficient (Wildman–Crippen LogP) is 3.23. The molecule has 0 atom stereocenters. The molecule has 0 aromatic carbocycles. The van der Waals surface area contributed by atoms with Crippen molar-refractivity contribution in [3.63, 3.8) is 0 Å². The van der Waals surface area contributed by atoms with Crippen molar-refractivity contribution >= 4 is 11.9 Å². The van der Waals surface area contributed by atoms with Gasteiger partial charge in [-0.2, -0.15) is 0 Å². The fraction of sp³-hybridized carbons (Fsp3) is 0.600. The lowest BCUT2D eigenvalue weighted by atomic mass is 10.1. The molecule has 112 valence electrons. The summed E-state index contributed by atoms with van der Waals surface area (Å²) in [5.41, 5.74) is -0.228. The average Bonchev–Trinajstić information content (AvgIpc) is 2.54. The van der Waals surface area contributed by atoms with Crippen molar-refractivity contribution in [2.24, 2.45) is 0 Å². The molecule has 20 heavy (non-hydrogen) atoms. The van der Waals surface area contributed by atoms with Gasteiger partial charge in [0.1, 0.15) is 16.9 Å². The SMILES string of the molecule is Cc1c[nH]c(C(=O)OC(C)(C)C)c1C(=O)OC(C)(C)C. The van der Waals surface area contributed by atoms with Crippen LogP contribution in [0.15, 0.2) is 6.20 Å². The van der Waals surface area contributed by atoms with E-state index in [-0.39, 0.29) is 11.3 Å². The van der Waals surface area contributed by atoms with Crippen LogP contribution in [0.1, 0.15) is 68.0 Å². The first-order valence-electron chi connectivity index (χ1n) is 6.55. The summed E-state index contributed by atoms with van der Waals surface area (Å²) >= 11 is 0. The van der Waals surface area contributed by atoms with E-state index >= 15 is 0 Å². The number of H-pyrrole nitrogens is 1. The van der Waals surface area contributed by atoms with Gasteiger partial charge < -0.3 is 14.5 Å². The van der Waals surface area contributed by atoms with Gasteiger partial charge in [0.05, 0.1) is 5.56 Å². The number of hydrogen-bond acceptors (Lipinski definition) is 4. The molecule has 1 aromatic heterocycles. The lowest BCUT2D eigenvalue weighted by Crippen LogP contribution is -2.28. The molecule has 0 fully saturated rings. The van der Waals surface area contributed by atoms with Crippen LogP contribution in [0.3, 0.4) is 0 Å². The number of nitrogens with one attached hydrogen (secondary N) is 1. The van der Waals surface area contributed by atoms with Gasteiger partial charge in [-0.1, -0.05) is 0 Å². The van der Waals surface area contributed by atoms with E-state index in [1.807, 2.05) is 0 Å². The number of esters is 2. The zero-order valence-electron chi connectivity index (χ0n) is 13.2. The van der Waals surface area contributed by atoms with Crippen LogP contribution in [0, 0.1) is 6.92 Å². The molecule has 5 nitrogen and oxygen atoms in total. The van der Waals surface area contributed by atoms with Crippen molar-refractivity contribution in [2.75, 3.05) is 0 Å². The Labute approximate surface area is 119 Å². The van der Waals surface area contributed by atoms with Crippen molar-refractivity contribution in [2.45, 2.75) is 59.7 Å². The van der Waals surface area contributed by atoms with Crippen LogP contribution in [-0.4, -0.2) is 28.1 Å². The Hall–Kier alpha value is -1.78. The summed E-state index contributed by atoms with van der Waals surface area (Å²) in [5.74, 6) is -1.09. The number of aromatic nitrogens is 1. The molecule has 0 bridgehead atoms. The van der Waals surface area contributed by atoms with Gasteiger partial charge in [-0.05, 0) is 54.0 Å². The molecule has 0 spiro atoms. The number of rotatable bonds is 2. The van der Waals surface area contributed by atoms with E-state index in [1.165, 1.54) is 0 Å². The summed E-state index contributed by atoms with van der Waals surface area (Å²) in [6, 6.07) is 0. The molecule has 0 saturated carbocycles. The summed E-state index contributed by atoms with van der Waals surface area (Å²) in [5, 5.41) is 0. The van der Waals surface area contributed by atoms with Gasteiger partial charge in [-0.25, -0.2) is 9.59 Å². The molecule has 0 aliphatic carbocycles. The molecule has 1 aromatic rings. The first-order chi connectivity index (χ1) is 8.91. The maximum Gasteiger partial charge on any atom is 0.356 e. The van der Waals surface area contributed by atoms with Crippen LogP contribution in [0.2, 0.25) is 0 Å². The smallest absolute Gasteiger partial charge is 0.356 e. The summed E-state index contributed by atoms with van der Waals surface area (Å²) in [6.07, 6.45) is 1.60. The van der Waals surface area contributed by atoms with Gasteiger partial charge in [0.15, 0.2) is 0 Å². The second-order valence-electron chi connectivity index (χ2n) is 6.73. The van der Waals surface area contributed by atoms with Crippen LogP contribution >= 0.6 is 0 Å². The number of carbonyl (C=O) groups excluding carboxylic acids is 2. The average molecular weight is 281 g/mol. The minimum absolute atomic E-state index is 0.131. The second kappa shape index (κ2) is 5.31. The fourth-order valence-corrected chi connectivity index (χ4v) is 1.60. The van der Waals surface area contributed by atoms with E-state index in [4.69, 9.17) is 9.47 Å². The topological polar surface area (TPSA) is 68.4 Å². The molecular weight excluding hydrogens is 258 g/mol. The molecule has 1 rings (SSSR count). The largest absolute Gasteiger partial charge is 0.456 e. The zero-order chi connectivity index (χ0) is 15.7. The molecule has 1 N–H and O–H groups in total. The summed E-state index contributed by atoms with van der Waals surface area (Å²) in [4.78, 5) is 27.1. The third-order valence-corrected chi connectivity index (χ3v) is 2.28. The van der Waals surface area contributed by atoms with Crippen molar-refractivity contribution in [3.8, 4) is 0 Å². The van der Waals surface area contributed by atoms with E-state index in [0.29, 0.717) is 5.56 Å². The van der Waals surface area contributed by atoms with Crippen LogP contribution in [0.4, 0.5) is 0 Å². The van der Waals surface area contributed by atoms with Gasteiger partial charge >= 0.3 is 11.9 Å². The van der Waals surface area contributed by atoms with Crippen molar-refractivity contribution in [1.82, 2.24) is 4.98 Å². The first kappa shape index (κ1) is 16.3. The van der Waals surface area contributed by atoms with Gasteiger partial charge in [0.25, 0.3) is 0 Å². The minimum Gasteiger partial charge on any atom is -0.456 e. The standard InChI is InChI=1S/C15H23NO4/c1-9-8-16-11(13(18)20-15(5,6)7)10(9)12(17)19-14(2,3)4/h8,16H,1-7H3. The molecule has 0 unspecified atom stereocenters. The Morgan fingerprint density at radius 2 is 1.40 bits per heavy atom. The zero-order valence-corrected chi connectivity index (χ0v) is 13.2. The molecule has 0 radical (unpaired) electrons. The van der Waals surface area contributed by atoms with E-state index in [9.17, 15) is 9.59 Å².